The average Bonchev–Trinajstić information content (AvgIpc) is 2.90. The zero-order valence-electron chi connectivity index (χ0n) is 10.8. The largest absolute Gasteiger partial charge is 0.478 e. The first kappa shape index (κ1) is 15.4. The number of rotatable bonds is 5. The minimum Gasteiger partial charge on any atom is -0.478 e. The highest BCUT2D eigenvalue weighted by Gasteiger charge is 2.35. The van der Waals surface area contributed by atoms with Gasteiger partial charge in [-0.2, -0.15) is 13.2 Å². The van der Waals surface area contributed by atoms with Crippen molar-refractivity contribution < 1.29 is 23.1 Å². The number of hydrogen-bond acceptors (Lipinski definition) is 3. The molecular weight excluding hydrogens is 303 g/mol. The van der Waals surface area contributed by atoms with Gasteiger partial charge in [-0.25, -0.2) is 4.79 Å². The maximum absolute atomic E-state index is 12.7. The molecule has 3 nitrogen and oxygen atoms in total. The summed E-state index contributed by atoms with van der Waals surface area (Å²) in [4.78, 5) is 12.1. The second-order valence-electron chi connectivity index (χ2n) is 4.32. The van der Waals surface area contributed by atoms with Crippen molar-refractivity contribution in [2.24, 2.45) is 0 Å². The van der Waals surface area contributed by atoms with Crippen LogP contribution in [0.1, 0.15) is 20.8 Å². The van der Waals surface area contributed by atoms with E-state index in [0.29, 0.717) is 12.2 Å². The summed E-state index contributed by atoms with van der Waals surface area (Å²) in [6.45, 7) is 0.519. The van der Waals surface area contributed by atoms with E-state index in [-0.39, 0.29) is 0 Å². The molecule has 1 aromatic heterocycles. The third-order valence-corrected chi connectivity index (χ3v) is 3.77. The van der Waals surface area contributed by atoms with Crippen LogP contribution in [0.25, 0.3) is 0 Å². The lowest BCUT2D eigenvalue weighted by molar-refractivity contribution is -0.138. The normalized spacial score (nSPS) is 11.4. The number of carboxylic acids is 1. The van der Waals surface area contributed by atoms with Gasteiger partial charge in [-0.3, -0.25) is 0 Å². The van der Waals surface area contributed by atoms with Crippen LogP contribution in [0.15, 0.2) is 35.7 Å². The van der Waals surface area contributed by atoms with Crippen LogP contribution in [0.4, 0.5) is 18.9 Å². The van der Waals surface area contributed by atoms with Gasteiger partial charge in [-0.1, -0.05) is 6.07 Å². The van der Waals surface area contributed by atoms with Gasteiger partial charge < -0.3 is 10.4 Å². The number of thiophene rings is 1. The number of aromatic carboxylic acids is 1. The molecule has 0 spiro atoms. The molecule has 0 aliphatic rings. The van der Waals surface area contributed by atoms with E-state index >= 15 is 0 Å². The zero-order chi connectivity index (χ0) is 15.5. The number of alkyl halides is 3. The predicted molar refractivity (Wildman–Crippen MR) is 74.9 cm³/mol. The number of halogens is 3. The average molecular weight is 315 g/mol. The Labute approximate surface area is 123 Å². The van der Waals surface area contributed by atoms with Crippen molar-refractivity contribution in [1.82, 2.24) is 0 Å². The maximum Gasteiger partial charge on any atom is 0.417 e. The van der Waals surface area contributed by atoms with Crippen molar-refractivity contribution in [2.45, 2.75) is 12.6 Å². The van der Waals surface area contributed by atoms with Gasteiger partial charge in [-0.05, 0) is 36.1 Å². The first-order chi connectivity index (χ1) is 9.88. The summed E-state index contributed by atoms with van der Waals surface area (Å²) in [7, 11) is 0. The molecule has 2 rings (SSSR count). The number of anilines is 1. The Morgan fingerprint density at radius 2 is 2.05 bits per heavy atom. The molecule has 7 heteroatoms. The Morgan fingerprint density at radius 1 is 1.29 bits per heavy atom. The van der Waals surface area contributed by atoms with Crippen LogP contribution in [0.2, 0.25) is 0 Å². The van der Waals surface area contributed by atoms with E-state index in [1.54, 1.807) is 11.3 Å². The van der Waals surface area contributed by atoms with Crippen molar-refractivity contribution in [3.8, 4) is 0 Å². The van der Waals surface area contributed by atoms with Gasteiger partial charge in [0.2, 0.25) is 0 Å². The van der Waals surface area contributed by atoms with E-state index in [9.17, 15) is 18.0 Å². The van der Waals surface area contributed by atoms with Crippen LogP contribution in [-0.4, -0.2) is 17.6 Å². The first-order valence-electron chi connectivity index (χ1n) is 6.08. The molecule has 2 aromatic rings. The van der Waals surface area contributed by atoms with E-state index in [1.807, 2.05) is 17.5 Å². The van der Waals surface area contributed by atoms with E-state index in [0.717, 1.165) is 23.4 Å². The van der Waals surface area contributed by atoms with Gasteiger partial charge in [0.1, 0.15) is 0 Å². The second-order valence-corrected chi connectivity index (χ2v) is 5.35. The Kier molecular flexibility index (Phi) is 4.52. The third kappa shape index (κ3) is 3.98. The zero-order valence-corrected chi connectivity index (χ0v) is 11.6. The fraction of sp³-hybridized carbons (Fsp3) is 0.214. The Balaban J connectivity index is 2.11. The summed E-state index contributed by atoms with van der Waals surface area (Å²) in [6.07, 6.45) is -3.95. The monoisotopic (exact) mass is 315 g/mol. The summed E-state index contributed by atoms with van der Waals surface area (Å²) in [6, 6.07) is 6.92. The van der Waals surface area contributed by atoms with Gasteiger partial charge in [0.15, 0.2) is 0 Å². The molecule has 0 saturated carbocycles. The van der Waals surface area contributed by atoms with Crippen molar-refractivity contribution in [1.29, 1.82) is 0 Å². The molecule has 112 valence electrons. The molecule has 0 aliphatic heterocycles. The van der Waals surface area contributed by atoms with Gasteiger partial charge >= 0.3 is 12.1 Å². The minimum atomic E-state index is -4.68. The van der Waals surface area contributed by atoms with Crippen LogP contribution in [0.3, 0.4) is 0 Å². The van der Waals surface area contributed by atoms with Crippen LogP contribution < -0.4 is 5.32 Å². The van der Waals surface area contributed by atoms with Crippen molar-refractivity contribution in [3.05, 3.63) is 51.7 Å². The predicted octanol–water partition coefficient (Wildman–Crippen LogP) is 4.12. The number of benzene rings is 1. The Bertz CT molecular complexity index is 624. The topological polar surface area (TPSA) is 49.3 Å². The van der Waals surface area contributed by atoms with E-state index in [1.165, 1.54) is 6.07 Å². The highest BCUT2D eigenvalue weighted by molar-refractivity contribution is 7.09. The summed E-state index contributed by atoms with van der Waals surface area (Å²) in [5, 5.41) is 13.8. The molecule has 0 fully saturated rings. The van der Waals surface area contributed by atoms with Crippen molar-refractivity contribution >= 4 is 23.0 Å². The van der Waals surface area contributed by atoms with Crippen molar-refractivity contribution in [3.63, 3.8) is 0 Å². The lowest BCUT2D eigenvalue weighted by atomic mass is 10.1. The molecule has 21 heavy (non-hydrogen) atoms. The number of nitrogens with one attached hydrogen (secondary N) is 1. The molecular formula is C14H12F3NO2S. The fourth-order valence-electron chi connectivity index (χ4n) is 1.86. The number of carboxylic acid groups (broad SMARTS) is 1. The van der Waals surface area contributed by atoms with E-state index < -0.39 is 23.3 Å². The first-order valence-corrected chi connectivity index (χ1v) is 6.96. The number of carbonyl (C=O) groups is 1. The van der Waals surface area contributed by atoms with Gasteiger partial charge in [-0.15, -0.1) is 11.3 Å². The molecule has 0 bridgehead atoms. The van der Waals surface area contributed by atoms with Crippen LogP contribution >= 0.6 is 11.3 Å². The highest BCUT2D eigenvalue weighted by Crippen LogP contribution is 2.33. The van der Waals surface area contributed by atoms with E-state index in [2.05, 4.69) is 5.32 Å². The smallest absolute Gasteiger partial charge is 0.417 e. The molecule has 0 amide bonds. The van der Waals surface area contributed by atoms with Crippen LogP contribution in [-0.2, 0) is 12.6 Å². The van der Waals surface area contributed by atoms with Gasteiger partial charge in [0.05, 0.1) is 11.1 Å². The summed E-state index contributed by atoms with van der Waals surface area (Å²) in [5.41, 5.74) is -1.53. The molecule has 0 aliphatic carbocycles. The molecule has 0 unspecified atom stereocenters. The van der Waals surface area contributed by atoms with Gasteiger partial charge in [0, 0.05) is 17.1 Å². The van der Waals surface area contributed by atoms with Crippen LogP contribution in [0.5, 0.6) is 0 Å². The minimum absolute atomic E-state index is 0.358. The maximum atomic E-state index is 12.7. The van der Waals surface area contributed by atoms with E-state index in [4.69, 9.17) is 5.11 Å². The summed E-state index contributed by atoms with van der Waals surface area (Å²) in [5.74, 6) is -1.59. The van der Waals surface area contributed by atoms with Crippen molar-refractivity contribution in [2.75, 3.05) is 11.9 Å². The lowest BCUT2D eigenvalue weighted by Gasteiger charge is -2.12. The molecule has 0 saturated heterocycles. The third-order valence-electron chi connectivity index (χ3n) is 2.84. The molecule has 1 heterocycles. The van der Waals surface area contributed by atoms with Gasteiger partial charge in [0.25, 0.3) is 0 Å². The van der Waals surface area contributed by atoms with Crippen LogP contribution in [0, 0.1) is 0 Å². The Morgan fingerprint density at radius 3 is 2.62 bits per heavy atom. The summed E-state index contributed by atoms with van der Waals surface area (Å²) >= 11 is 1.59. The lowest BCUT2D eigenvalue weighted by Crippen LogP contribution is -2.14. The quantitative estimate of drug-likeness (QED) is 0.872. The molecule has 2 N–H and O–H groups in total. The Hall–Kier alpha value is -2.02. The second kappa shape index (κ2) is 6.17. The number of hydrogen-bond donors (Lipinski definition) is 2. The highest BCUT2D eigenvalue weighted by atomic mass is 32.1. The molecule has 1 aromatic carbocycles. The summed E-state index contributed by atoms with van der Waals surface area (Å²) < 4.78 is 38.1. The molecule has 0 radical (unpaired) electrons. The standard InChI is InChI=1S/C14H12F3NO2S/c15-14(16,17)12-4-3-9(8-11(12)13(19)20)18-6-5-10-2-1-7-21-10/h1-4,7-8,18H,5-6H2,(H,19,20). The fourth-order valence-corrected chi connectivity index (χ4v) is 2.57. The SMILES string of the molecule is O=C(O)c1cc(NCCc2cccs2)ccc1C(F)(F)F. The molecule has 0 atom stereocenters.